The molecule has 0 aliphatic rings. The van der Waals surface area contributed by atoms with Crippen LogP contribution in [0.25, 0.3) is 0 Å². The van der Waals surface area contributed by atoms with Crippen LogP contribution in [-0.2, 0) is 6.54 Å². The maximum atomic E-state index is 6.09. The number of pyridine rings is 1. The van der Waals surface area contributed by atoms with Gasteiger partial charge in [-0.3, -0.25) is 4.98 Å². The van der Waals surface area contributed by atoms with Gasteiger partial charge < -0.3 is 20.5 Å². The van der Waals surface area contributed by atoms with E-state index >= 15 is 0 Å². The average molecular weight is 477 g/mol. The van der Waals surface area contributed by atoms with Crippen molar-refractivity contribution in [3.8, 4) is 11.5 Å². The van der Waals surface area contributed by atoms with Gasteiger partial charge in [0.15, 0.2) is 5.96 Å². The van der Waals surface area contributed by atoms with E-state index in [9.17, 15) is 0 Å². The van der Waals surface area contributed by atoms with Gasteiger partial charge in [-0.1, -0.05) is 11.6 Å². The van der Waals surface area contributed by atoms with Crippen LogP contribution in [0.5, 0.6) is 11.5 Å². The van der Waals surface area contributed by atoms with Gasteiger partial charge in [0.05, 0.1) is 31.5 Å². The second-order valence-electron chi connectivity index (χ2n) is 5.22. The maximum Gasteiger partial charge on any atom is 0.193 e. The first kappa shape index (κ1) is 21.3. The van der Waals surface area contributed by atoms with E-state index in [1.807, 2.05) is 19.9 Å². The van der Waals surface area contributed by atoms with Gasteiger partial charge in [-0.25, -0.2) is 4.99 Å². The summed E-state index contributed by atoms with van der Waals surface area (Å²) in [6.07, 6.45) is 1.77. The van der Waals surface area contributed by atoms with E-state index in [1.54, 1.807) is 32.5 Å². The molecular formula is C17H22ClIN4O2. The molecule has 1 heterocycles. The Morgan fingerprint density at radius 1 is 1.28 bits per heavy atom. The molecule has 0 aliphatic heterocycles. The lowest BCUT2D eigenvalue weighted by Crippen LogP contribution is -2.22. The van der Waals surface area contributed by atoms with Crippen LogP contribution in [0.2, 0.25) is 5.02 Å². The largest absolute Gasteiger partial charge is 0.496 e. The third kappa shape index (κ3) is 5.37. The number of aromatic nitrogens is 1. The number of aryl methyl sites for hydroxylation is 1. The van der Waals surface area contributed by atoms with E-state index in [0.29, 0.717) is 17.3 Å². The number of nitrogens with one attached hydrogen (secondary N) is 1. The van der Waals surface area contributed by atoms with E-state index in [2.05, 4.69) is 15.3 Å². The number of ether oxygens (including phenoxy) is 2. The van der Waals surface area contributed by atoms with Crippen LogP contribution in [0.1, 0.15) is 16.8 Å². The standard InChI is InChI=1S/C17H21ClN4O2.HI/c1-10-8-20-14(11(2)16(10)24-4)9-21-17(19)22-12-5-6-15(23-3)13(18)7-12;/h5-8H,9H2,1-4H3,(H3,19,21,22);1H. The van der Waals surface area contributed by atoms with E-state index < -0.39 is 0 Å². The molecule has 0 aliphatic carbocycles. The van der Waals surface area contributed by atoms with E-state index in [-0.39, 0.29) is 29.9 Å². The molecule has 0 amide bonds. The number of methoxy groups -OCH3 is 2. The number of halogens is 2. The lowest BCUT2D eigenvalue weighted by atomic mass is 10.1. The monoisotopic (exact) mass is 476 g/mol. The summed E-state index contributed by atoms with van der Waals surface area (Å²) in [6, 6.07) is 5.29. The zero-order valence-corrected chi connectivity index (χ0v) is 17.7. The van der Waals surface area contributed by atoms with E-state index in [0.717, 1.165) is 28.3 Å². The molecule has 2 rings (SSSR count). The molecule has 0 radical (unpaired) electrons. The summed E-state index contributed by atoms with van der Waals surface area (Å²) in [7, 11) is 3.21. The zero-order valence-electron chi connectivity index (χ0n) is 14.6. The minimum Gasteiger partial charge on any atom is -0.496 e. The van der Waals surface area contributed by atoms with Gasteiger partial charge in [0.2, 0.25) is 0 Å². The van der Waals surface area contributed by atoms with Crippen molar-refractivity contribution in [2.24, 2.45) is 10.7 Å². The third-order valence-corrected chi connectivity index (χ3v) is 3.87. The molecule has 1 aromatic heterocycles. The first-order valence-corrected chi connectivity index (χ1v) is 7.73. The molecule has 25 heavy (non-hydrogen) atoms. The van der Waals surface area contributed by atoms with Gasteiger partial charge in [0.25, 0.3) is 0 Å². The molecule has 0 unspecified atom stereocenters. The number of hydrogen-bond donors (Lipinski definition) is 2. The predicted octanol–water partition coefficient (Wildman–Crippen LogP) is 3.91. The fourth-order valence-electron chi connectivity index (χ4n) is 2.32. The number of guanidine groups is 1. The summed E-state index contributed by atoms with van der Waals surface area (Å²) < 4.78 is 10.5. The molecule has 8 heteroatoms. The highest BCUT2D eigenvalue weighted by molar-refractivity contribution is 14.0. The lowest BCUT2D eigenvalue weighted by Gasteiger charge is -2.11. The van der Waals surface area contributed by atoms with Crippen molar-refractivity contribution in [3.63, 3.8) is 0 Å². The molecule has 0 saturated carbocycles. The highest BCUT2D eigenvalue weighted by atomic mass is 127. The molecule has 0 fully saturated rings. The van der Waals surface area contributed by atoms with Crippen molar-refractivity contribution in [2.45, 2.75) is 20.4 Å². The van der Waals surface area contributed by atoms with Crippen LogP contribution < -0.4 is 20.5 Å². The van der Waals surface area contributed by atoms with Crippen molar-refractivity contribution >= 4 is 47.2 Å². The third-order valence-electron chi connectivity index (χ3n) is 3.57. The number of benzene rings is 1. The summed E-state index contributed by atoms with van der Waals surface area (Å²) in [5.74, 6) is 1.70. The van der Waals surface area contributed by atoms with Crippen molar-refractivity contribution in [1.82, 2.24) is 4.98 Å². The molecule has 2 aromatic rings. The first-order chi connectivity index (χ1) is 11.5. The smallest absolute Gasteiger partial charge is 0.193 e. The van der Waals surface area contributed by atoms with Gasteiger partial charge in [-0.2, -0.15) is 0 Å². The summed E-state index contributed by atoms with van der Waals surface area (Å²) in [5, 5.41) is 3.49. The van der Waals surface area contributed by atoms with E-state index in [1.165, 1.54) is 0 Å². The van der Waals surface area contributed by atoms with Gasteiger partial charge >= 0.3 is 0 Å². The van der Waals surface area contributed by atoms with Gasteiger partial charge in [-0.15, -0.1) is 24.0 Å². The molecule has 3 N–H and O–H groups in total. The number of nitrogens with zero attached hydrogens (tertiary/aromatic N) is 2. The normalized spacial score (nSPS) is 10.8. The van der Waals surface area contributed by atoms with E-state index in [4.69, 9.17) is 26.8 Å². The fourth-order valence-corrected chi connectivity index (χ4v) is 2.58. The Hall–Kier alpha value is -1.74. The number of hydrogen-bond acceptors (Lipinski definition) is 4. The van der Waals surface area contributed by atoms with Crippen molar-refractivity contribution in [1.29, 1.82) is 0 Å². The molecular weight excluding hydrogens is 455 g/mol. The summed E-state index contributed by atoms with van der Waals surface area (Å²) in [4.78, 5) is 8.71. The SMILES string of the molecule is COc1ccc(NC(N)=NCc2ncc(C)c(OC)c2C)cc1Cl.I. The molecule has 0 bridgehead atoms. The fraction of sp³-hybridized carbons (Fsp3) is 0.294. The molecule has 6 nitrogen and oxygen atoms in total. The highest BCUT2D eigenvalue weighted by Crippen LogP contribution is 2.27. The molecule has 136 valence electrons. The van der Waals surface area contributed by atoms with Crippen LogP contribution in [0.4, 0.5) is 5.69 Å². The van der Waals surface area contributed by atoms with Crippen molar-refractivity contribution in [3.05, 3.63) is 46.2 Å². The minimum atomic E-state index is 0. The Morgan fingerprint density at radius 2 is 2.00 bits per heavy atom. The molecule has 0 atom stereocenters. The first-order valence-electron chi connectivity index (χ1n) is 7.35. The van der Waals surface area contributed by atoms with Crippen molar-refractivity contribution in [2.75, 3.05) is 19.5 Å². The van der Waals surface area contributed by atoms with Crippen LogP contribution in [0, 0.1) is 13.8 Å². The minimum absolute atomic E-state index is 0. The number of aliphatic imine (C=N–C) groups is 1. The second-order valence-corrected chi connectivity index (χ2v) is 5.63. The maximum absolute atomic E-state index is 6.09. The highest BCUT2D eigenvalue weighted by Gasteiger charge is 2.09. The predicted molar refractivity (Wildman–Crippen MR) is 113 cm³/mol. The van der Waals surface area contributed by atoms with Gasteiger partial charge in [-0.05, 0) is 32.0 Å². The topological polar surface area (TPSA) is 81.8 Å². The average Bonchev–Trinajstić information content (AvgIpc) is 2.55. The number of anilines is 1. The Bertz CT molecular complexity index is 769. The zero-order chi connectivity index (χ0) is 17.7. The van der Waals surface area contributed by atoms with Gasteiger partial charge in [0, 0.05) is 23.0 Å². The van der Waals surface area contributed by atoms with Crippen LogP contribution >= 0.6 is 35.6 Å². The Balaban J connectivity index is 0.00000312. The number of nitrogens with two attached hydrogens (primary N) is 1. The Kier molecular flexibility index (Phi) is 8.24. The lowest BCUT2D eigenvalue weighted by molar-refractivity contribution is 0.407. The van der Waals surface area contributed by atoms with Crippen LogP contribution in [0.3, 0.4) is 0 Å². The summed E-state index contributed by atoms with van der Waals surface area (Å²) in [6.45, 7) is 4.26. The van der Waals surface area contributed by atoms with Crippen LogP contribution in [-0.4, -0.2) is 25.2 Å². The quantitative estimate of drug-likeness (QED) is 0.388. The molecule has 1 aromatic carbocycles. The Morgan fingerprint density at radius 3 is 2.60 bits per heavy atom. The summed E-state index contributed by atoms with van der Waals surface area (Å²) in [5.41, 5.74) is 9.42. The van der Waals surface area contributed by atoms with Crippen LogP contribution in [0.15, 0.2) is 29.4 Å². The molecule has 0 spiro atoms. The van der Waals surface area contributed by atoms with Crippen molar-refractivity contribution < 1.29 is 9.47 Å². The number of rotatable bonds is 5. The Labute approximate surface area is 169 Å². The van der Waals surface area contributed by atoms with Gasteiger partial charge in [0.1, 0.15) is 11.5 Å². The molecule has 0 saturated heterocycles. The second kappa shape index (κ2) is 9.67. The summed E-state index contributed by atoms with van der Waals surface area (Å²) >= 11 is 6.09.